The van der Waals surface area contributed by atoms with Crippen LogP contribution in [0.5, 0.6) is 0 Å². The van der Waals surface area contributed by atoms with Gasteiger partial charge in [0, 0.05) is 57.6 Å². The van der Waals surface area contributed by atoms with Crippen molar-refractivity contribution in [1.82, 2.24) is 19.7 Å². The number of Topliss-reactive ketones (excluding diaryl/α,β-unsaturated/α-hetero) is 1. The molecule has 1 aromatic heterocycles. The molecule has 1 N–H and O–H groups in total. The van der Waals surface area contributed by atoms with Crippen molar-refractivity contribution < 1.29 is 9.59 Å². The van der Waals surface area contributed by atoms with Gasteiger partial charge in [0.1, 0.15) is 5.69 Å². The Kier molecular flexibility index (Phi) is 6.11. The second-order valence-electron chi connectivity index (χ2n) is 8.27. The molecule has 6 nitrogen and oxygen atoms in total. The lowest BCUT2D eigenvalue weighted by Gasteiger charge is -2.34. The Morgan fingerprint density at radius 2 is 1.69 bits per heavy atom. The van der Waals surface area contributed by atoms with Crippen molar-refractivity contribution in [3.05, 3.63) is 58.9 Å². The summed E-state index contributed by atoms with van der Waals surface area (Å²) in [6.45, 7) is 8.83. The number of likely N-dealkylation sites (tertiary alicyclic amines) is 1. The fraction of sp³-hybridized carbons (Fsp3) is 0.478. The molecule has 2 aliphatic heterocycles. The molecule has 2 saturated heterocycles. The summed E-state index contributed by atoms with van der Waals surface area (Å²) in [5.74, 6) is 0.0835. The van der Waals surface area contributed by atoms with Gasteiger partial charge in [-0.1, -0.05) is 29.8 Å². The number of nitrogens with one attached hydrogen (secondary N) is 1. The average molecular weight is 395 g/mol. The second-order valence-corrected chi connectivity index (χ2v) is 8.27. The molecule has 0 saturated carbocycles. The minimum Gasteiger partial charge on any atom is -0.356 e. The average Bonchev–Trinajstić information content (AvgIpc) is 3.41. The monoisotopic (exact) mass is 394 g/mol. The molecule has 6 heteroatoms. The Morgan fingerprint density at radius 3 is 2.41 bits per heavy atom. The summed E-state index contributed by atoms with van der Waals surface area (Å²) in [5.41, 5.74) is 3.77. The molecule has 0 radical (unpaired) electrons. The second kappa shape index (κ2) is 8.93. The Bertz CT molecular complexity index is 861. The first-order valence-electron chi connectivity index (χ1n) is 10.6. The number of carbonyl (C=O) groups excluding carboxylic acids is 2. The van der Waals surface area contributed by atoms with Crippen molar-refractivity contribution in [3.8, 4) is 0 Å². The summed E-state index contributed by atoms with van der Waals surface area (Å²) in [6, 6.07) is 10.4. The van der Waals surface area contributed by atoms with Gasteiger partial charge in [-0.3, -0.25) is 19.4 Å². The Hall–Kier alpha value is -2.44. The fourth-order valence-corrected chi connectivity index (χ4v) is 4.24. The van der Waals surface area contributed by atoms with E-state index in [1.165, 1.54) is 11.1 Å². The van der Waals surface area contributed by atoms with Gasteiger partial charge in [0.2, 0.25) is 0 Å². The van der Waals surface area contributed by atoms with E-state index in [0.717, 1.165) is 58.7 Å². The SMILES string of the molecule is Cc1cccc(CN2CCN(CC(=O)c3c[nH]c(C(=O)N4CCCC4)c3)CC2)c1. The van der Waals surface area contributed by atoms with E-state index in [-0.39, 0.29) is 11.7 Å². The predicted octanol–water partition coefficient (Wildman–Crippen LogP) is 2.56. The number of rotatable bonds is 6. The molecule has 2 aromatic rings. The third-order valence-corrected chi connectivity index (χ3v) is 5.95. The van der Waals surface area contributed by atoms with Gasteiger partial charge in [-0.25, -0.2) is 0 Å². The van der Waals surface area contributed by atoms with E-state index in [1.807, 2.05) is 4.90 Å². The summed E-state index contributed by atoms with van der Waals surface area (Å²) >= 11 is 0. The largest absolute Gasteiger partial charge is 0.356 e. The summed E-state index contributed by atoms with van der Waals surface area (Å²) in [7, 11) is 0. The lowest BCUT2D eigenvalue weighted by atomic mass is 10.1. The smallest absolute Gasteiger partial charge is 0.270 e. The number of ketones is 1. The molecular weight excluding hydrogens is 364 g/mol. The number of aryl methyl sites for hydroxylation is 1. The van der Waals surface area contributed by atoms with E-state index in [0.29, 0.717) is 17.8 Å². The first kappa shape index (κ1) is 19.9. The van der Waals surface area contributed by atoms with Gasteiger partial charge in [0.25, 0.3) is 5.91 Å². The minimum atomic E-state index is 0.00585. The molecule has 0 atom stereocenters. The van der Waals surface area contributed by atoms with Crippen molar-refractivity contribution in [2.45, 2.75) is 26.3 Å². The highest BCUT2D eigenvalue weighted by molar-refractivity contribution is 6.01. The van der Waals surface area contributed by atoms with E-state index >= 15 is 0 Å². The van der Waals surface area contributed by atoms with Gasteiger partial charge in [0.05, 0.1) is 6.54 Å². The number of benzene rings is 1. The number of aromatic nitrogens is 1. The van der Waals surface area contributed by atoms with Crippen LogP contribution in [-0.4, -0.2) is 77.2 Å². The van der Waals surface area contributed by atoms with Gasteiger partial charge in [-0.15, -0.1) is 0 Å². The highest BCUT2D eigenvalue weighted by atomic mass is 16.2. The van der Waals surface area contributed by atoms with Crippen LogP contribution in [0.4, 0.5) is 0 Å². The maximum absolute atomic E-state index is 12.7. The summed E-state index contributed by atoms with van der Waals surface area (Å²) in [6.07, 6.45) is 3.81. The molecule has 0 bridgehead atoms. The van der Waals surface area contributed by atoms with Gasteiger partial charge < -0.3 is 9.88 Å². The molecule has 0 aliphatic carbocycles. The van der Waals surface area contributed by atoms with Crippen LogP contribution < -0.4 is 0 Å². The third-order valence-electron chi connectivity index (χ3n) is 5.95. The molecule has 1 amide bonds. The zero-order valence-corrected chi connectivity index (χ0v) is 17.2. The lowest BCUT2D eigenvalue weighted by molar-refractivity contribution is 0.0787. The van der Waals surface area contributed by atoms with E-state index in [4.69, 9.17) is 0 Å². The number of hydrogen-bond acceptors (Lipinski definition) is 4. The standard InChI is InChI=1S/C23H30N4O2/c1-18-5-4-6-19(13-18)16-25-9-11-26(12-10-25)17-22(28)20-14-21(24-15-20)23(29)27-7-2-3-8-27/h4-6,13-15,24H,2-3,7-12,16-17H2,1H3. The van der Waals surface area contributed by atoms with Crippen LogP contribution >= 0.6 is 0 Å². The van der Waals surface area contributed by atoms with Crippen LogP contribution in [-0.2, 0) is 6.54 Å². The van der Waals surface area contributed by atoms with E-state index < -0.39 is 0 Å². The highest BCUT2D eigenvalue weighted by Gasteiger charge is 2.23. The molecule has 1 aromatic carbocycles. The van der Waals surface area contributed by atoms with E-state index in [9.17, 15) is 9.59 Å². The Morgan fingerprint density at radius 1 is 0.966 bits per heavy atom. The maximum atomic E-state index is 12.7. The molecule has 3 heterocycles. The third kappa shape index (κ3) is 4.95. The van der Waals surface area contributed by atoms with Gasteiger partial charge >= 0.3 is 0 Å². The predicted molar refractivity (Wildman–Crippen MR) is 113 cm³/mol. The zero-order chi connectivity index (χ0) is 20.2. The quantitative estimate of drug-likeness (QED) is 0.765. The van der Waals surface area contributed by atoms with Crippen molar-refractivity contribution in [2.75, 3.05) is 45.8 Å². The first-order chi connectivity index (χ1) is 14.1. The minimum absolute atomic E-state index is 0.00585. The summed E-state index contributed by atoms with van der Waals surface area (Å²) in [5, 5.41) is 0. The van der Waals surface area contributed by atoms with Crippen molar-refractivity contribution in [1.29, 1.82) is 0 Å². The topological polar surface area (TPSA) is 59.7 Å². The lowest BCUT2D eigenvalue weighted by Crippen LogP contribution is -2.47. The molecule has 29 heavy (non-hydrogen) atoms. The van der Waals surface area contributed by atoms with Crippen LogP contribution in [0.3, 0.4) is 0 Å². The zero-order valence-electron chi connectivity index (χ0n) is 17.2. The van der Waals surface area contributed by atoms with Crippen LogP contribution in [0.2, 0.25) is 0 Å². The molecular formula is C23H30N4O2. The van der Waals surface area contributed by atoms with Crippen molar-refractivity contribution in [3.63, 3.8) is 0 Å². The molecule has 154 valence electrons. The van der Waals surface area contributed by atoms with Crippen LogP contribution in [0, 0.1) is 6.92 Å². The van der Waals surface area contributed by atoms with Gasteiger partial charge in [-0.05, 0) is 31.4 Å². The Balaban J connectivity index is 1.26. The van der Waals surface area contributed by atoms with Crippen LogP contribution in [0.15, 0.2) is 36.5 Å². The fourth-order valence-electron chi connectivity index (χ4n) is 4.24. The normalized spacial score (nSPS) is 18.3. The number of nitrogens with zero attached hydrogens (tertiary/aromatic N) is 3. The van der Waals surface area contributed by atoms with Crippen molar-refractivity contribution >= 4 is 11.7 Å². The van der Waals surface area contributed by atoms with Gasteiger partial charge in [0.15, 0.2) is 5.78 Å². The maximum Gasteiger partial charge on any atom is 0.270 e. The van der Waals surface area contributed by atoms with E-state index in [1.54, 1.807) is 12.3 Å². The molecule has 2 fully saturated rings. The molecule has 4 rings (SSSR count). The highest BCUT2D eigenvalue weighted by Crippen LogP contribution is 2.15. The Labute approximate surface area is 172 Å². The number of H-pyrrole nitrogens is 1. The first-order valence-corrected chi connectivity index (χ1v) is 10.6. The summed E-state index contributed by atoms with van der Waals surface area (Å²) < 4.78 is 0. The number of carbonyl (C=O) groups is 2. The molecule has 2 aliphatic rings. The number of aromatic amines is 1. The number of hydrogen-bond donors (Lipinski definition) is 1. The molecule has 0 unspecified atom stereocenters. The number of piperazine rings is 1. The molecule has 0 spiro atoms. The number of amides is 1. The van der Waals surface area contributed by atoms with Gasteiger partial charge in [-0.2, -0.15) is 0 Å². The van der Waals surface area contributed by atoms with Crippen molar-refractivity contribution in [2.24, 2.45) is 0 Å². The summed E-state index contributed by atoms with van der Waals surface area (Å²) in [4.78, 5) is 34.6. The van der Waals surface area contributed by atoms with E-state index in [2.05, 4.69) is 46.0 Å². The van der Waals surface area contributed by atoms with Crippen LogP contribution in [0.1, 0.15) is 44.8 Å². The van der Waals surface area contributed by atoms with Crippen LogP contribution in [0.25, 0.3) is 0 Å².